The molecule has 0 unspecified atom stereocenters. The number of halogens is 1. The summed E-state index contributed by atoms with van der Waals surface area (Å²) < 4.78 is 19.4. The number of rotatable bonds is 5. The van der Waals surface area contributed by atoms with Gasteiger partial charge in [0.1, 0.15) is 5.82 Å². The molecular weight excluding hydrogens is 321 g/mol. The Kier molecular flexibility index (Phi) is 5.87. The fourth-order valence-corrected chi connectivity index (χ4v) is 3.46. The van der Waals surface area contributed by atoms with E-state index >= 15 is 0 Å². The summed E-state index contributed by atoms with van der Waals surface area (Å²) >= 11 is 0. The van der Waals surface area contributed by atoms with Crippen LogP contribution in [0, 0.1) is 23.1 Å². The molecule has 2 fully saturated rings. The van der Waals surface area contributed by atoms with Gasteiger partial charge in [0.25, 0.3) is 0 Å². The standard InChI is InChI=1S/C19H24FN3O2/c20-18-4-2-1-3-15(18)13-25-17-6-9-23(10-7-17)19(24)22-16-11-14(12-16)5-8-21/h1-4,14,16-17H,5-7,9-13H2,(H,22,24). The largest absolute Gasteiger partial charge is 0.373 e. The summed E-state index contributed by atoms with van der Waals surface area (Å²) in [6.45, 7) is 1.58. The molecule has 1 heterocycles. The smallest absolute Gasteiger partial charge is 0.317 e. The maximum atomic E-state index is 13.6. The van der Waals surface area contributed by atoms with Crippen LogP contribution in [-0.2, 0) is 11.3 Å². The molecule has 0 spiro atoms. The van der Waals surface area contributed by atoms with Gasteiger partial charge in [-0.1, -0.05) is 18.2 Å². The third kappa shape index (κ3) is 4.70. The van der Waals surface area contributed by atoms with Gasteiger partial charge >= 0.3 is 6.03 Å². The molecule has 1 saturated heterocycles. The highest BCUT2D eigenvalue weighted by atomic mass is 19.1. The van der Waals surface area contributed by atoms with Crippen molar-refractivity contribution in [3.63, 3.8) is 0 Å². The van der Waals surface area contributed by atoms with Crippen LogP contribution in [0.15, 0.2) is 24.3 Å². The van der Waals surface area contributed by atoms with E-state index in [1.807, 2.05) is 4.90 Å². The zero-order valence-corrected chi connectivity index (χ0v) is 14.3. The van der Waals surface area contributed by atoms with E-state index in [1.165, 1.54) is 6.07 Å². The van der Waals surface area contributed by atoms with Gasteiger partial charge in [0, 0.05) is 31.1 Å². The molecule has 1 aromatic carbocycles. The van der Waals surface area contributed by atoms with Crippen LogP contribution in [0.3, 0.4) is 0 Å². The van der Waals surface area contributed by atoms with Gasteiger partial charge in [-0.25, -0.2) is 9.18 Å². The number of nitriles is 1. The van der Waals surface area contributed by atoms with Crippen LogP contribution >= 0.6 is 0 Å². The van der Waals surface area contributed by atoms with E-state index in [1.54, 1.807) is 18.2 Å². The van der Waals surface area contributed by atoms with Crippen LogP contribution in [0.1, 0.15) is 37.7 Å². The van der Waals surface area contributed by atoms with Crippen molar-refractivity contribution in [2.24, 2.45) is 5.92 Å². The Bertz CT molecular complexity index is 632. The Hall–Kier alpha value is -2.13. The molecule has 0 atom stereocenters. The van der Waals surface area contributed by atoms with Crippen LogP contribution in [0.4, 0.5) is 9.18 Å². The molecule has 0 aromatic heterocycles. The molecule has 2 amide bonds. The van der Waals surface area contributed by atoms with Gasteiger partial charge < -0.3 is 15.0 Å². The SMILES string of the molecule is N#CCC1CC(NC(=O)N2CCC(OCc3ccccc3F)CC2)C1. The third-order valence-electron chi connectivity index (χ3n) is 5.10. The summed E-state index contributed by atoms with van der Waals surface area (Å²) in [4.78, 5) is 14.1. The molecule has 1 aliphatic heterocycles. The zero-order chi connectivity index (χ0) is 17.6. The van der Waals surface area contributed by atoms with Gasteiger partial charge in [-0.15, -0.1) is 0 Å². The number of piperidine rings is 1. The second-order valence-corrected chi connectivity index (χ2v) is 6.93. The Morgan fingerprint density at radius 2 is 2.04 bits per heavy atom. The minimum absolute atomic E-state index is 0.0204. The highest BCUT2D eigenvalue weighted by molar-refractivity contribution is 5.74. The van der Waals surface area contributed by atoms with Crippen molar-refractivity contribution in [2.45, 2.75) is 50.9 Å². The molecule has 1 aliphatic carbocycles. The number of carbonyl (C=O) groups excluding carboxylic acids is 1. The van der Waals surface area contributed by atoms with E-state index < -0.39 is 0 Å². The minimum atomic E-state index is -0.241. The van der Waals surface area contributed by atoms with E-state index in [0.29, 0.717) is 31.0 Å². The van der Waals surface area contributed by atoms with Crippen molar-refractivity contribution in [3.05, 3.63) is 35.6 Å². The summed E-state index contributed by atoms with van der Waals surface area (Å²) in [7, 11) is 0. The molecule has 134 valence electrons. The second kappa shape index (κ2) is 8.30. The average molecular weight is 345 g/mol. The molecule has 0 radical (unpaired) electrons. The third-order valence-corrected chi connectivity index (χ3v) is 5.10. The molecule has 1 N–H and O–H groups in total. The van der Waals surface area contributed by atoms with Crippen LogP contribution < -0.4 is 5.32 Å². The number of carbonyl (C=O) groups is 1. The number of likely N-dealkylation sites (tertiary alicyclic amines) is 1. The Morgan fingerprint density at radius 1 is 1.32 bits per heavy atom. The van der Waals surface area contributed by atoms with Crippen molar-refractivity contribution in [2.75, 3.05) is 13.1 Å². The van der Waals surface area contributed by atoms with E-state index in [9.17, 15) is 9.18 Å². The van der Waals surface area contributed by atoms with E-state index in [4.69, 9.17) is 10.00 Å². The second-order valence-electron chi connectivity index (χ2n) is 6.93. The first-order chi connectivity index (χ1) is 12.2. The first-order valence-corrected chi connectivity index (χ1v) is 8.93. The molecule has 2 aliphatic rings. The lowest BCUT2D eigenvalue weighted by molar-refractivity contribution is 0.00287. The number of urea groups is 1. The predicted molar refractivity (Wildman–Crippen MR) is 91.1 cm³/mol. The van der Waals surface area contributed by atoms with Gasteiger partial charge in [0.05, 0.1) is 18.8 Å². The Balaban J connectivity index is 1.35. The van der Waals surface area contributed by atoms with Gasteiger partial charge in [-0.3, -0.25) is 0 Å². The summed E-state index contributed by atoms with van der Waals surface area (Å²) in [5.41, 5.74) is 0.569. The zero-order valence-electron chi connectivity index (χ0n) is 14.3. The monoisotopic (exact) mass is 345 g/mol. The molecule has 0 bridgehead atoms. The van der Waals surface area contributed by atoms with E-state index in [0.717, 1.165) is 25.7 Å². The van der Waals surface area contributed by atoms with Crippen LogP contribution in [0.25, 0.3) is 0 Å². The first-order valence-electron chi connectivity index (χ1n) is 8.93. The molecule has 6 heteroatoms. The van der Waals surface area contributed by atoms with E-state index in [2.05, 4.69) is 11.4 Å². The first kappa shape index (κ1) is 17.7. The van der Waals surface area contributed by atoms with Gasteiger partial charge in [-0.2, -0.15) is 5.26 Å². The van der Waals surface area contributed by atoms with Crippen molar-refractivity contribution in [1.29, 1.82) is 5.26 Å². The summed E-state index contributed by atoms with van der Waals surface area (Å²) in [5.74, 6) is 0.197. The number of amides is 2. The van der Waals surface area contributed by atoms with Crippen LogP contribution in [-0.4, -0.2) is 36.2 Å². The average Bonchev–Trinajstić information content (AvgIpc) is 2.59. The van der Waals surface area contributed by atoms with E-state index in [-0.39, 0.29) is 30.6 Å². The molecule has 25 heavy (non-hydrogen) atoms. The summed E-state index contributed by atoms with van der Waals surface area (Å²) in [5, 5.41) is 11.7. The normalized spacial score (nSPS) is 23.6. The lowest BCUT2D eigenvalue weighted by Gasteiger charge is -2.38. The summed E-state index contributed by atoms with van der Waals surface area (Å²) in [6, 6.07) is 9.01. The number of ether oxygens (including phenoxy) is 1. The van der Waals surface area contributed by atoms with Crippen LogP contribution in [0.5, 0.6) is 0 Å². The number of benzene rings is 1. The fourth-order valence-electron chi connectivity index (χ4n) is 3.46. The van der Waals surface area contributed by atoms with Crippen molar-refractivity contribution >= 4 is 6.03 Å². The Labute approximate surface area is 147 Å². The lowest BCUT2D eigenvalue weighted by Crippen LogP contribution is -2.52. The molecule has 5 nitrogen and oxygen atoms in total. The van der Waals surface area contributed by atoms with Gasteiger partial charge in [0.15, 0.2) is 0 Å². The highest BCUT2D eigenvalue weighted by Gasteiger charge is 2.32. The molecule has 3 rings (SSSR count). The van der Waals surface area contributed by atoms with Crippen molar-refractivity contribution in [1.82, 2.24) is 10.2 Å². The minimum Gasteiger partial charge on any atom is -0.373 e. The number of nitrogens with zero attached hydrogens (tertiary/aromatic N) is 2. The maximum Gasteiger partial charge on any atom is 0.317 e. The molecule has 1 saturated carbocycles. The molecular formula is C19H24FN3O2. The van der Waals surface area contributed by atoms with Crippen molar-refractivity contribution in [3.8, 4) is 6.07 Å². The lowest BCUT2D eigenvalue weighted by atomic mass is 9.78. The van der Waals surface area contributed by atoms with Gasteiger partial charge in [0.2, 0.25) is 0 Å². The predicted octanol–water partition coefficient (Wildman–Crippen LogP) is 3.21. The van der Waals surface area contributed by atoms with Crippen LogP contribution in [0.2, 0.25) is 0 Å². The quantitative estimate of drug-likeness (QED) is 0.891. The highest BCUT2D eigenvalue weighted by Crippen LogP contribution is 2.30. The van der Waals surface area contributed by atoms with Gasteiger partial charge in [-0.05, 0) is 37.7 Å². The number of nitrogens with one attached hydrogen (secondary N) is 1. The topological polar surface area (TPSA) is 65.4 Å². The molecule has 1 aromatic rings. The Morgan fingerprint density at radius 3 is 2.72 bits per heavy atom. The van der Waals surface area contributed by atoms with Crippen molar-refractivity contribution < 1.29 is 13.9 Å². The number of hydrogen-bond acceptors (Lipinski definition) is 3. The summed E-state index contributed by atoms with van der Waals surface area (Å²) in [6.07, 6.45) is 3.99. The fraction of sp³-hybridized carbons (Fsp3) is 0.579. The maximum absolute atomic E-state index is 13.6. The number of hydrogen-bond donors (Lipinski definition) is 1.